The fourth-order valence-electron chi connectivity index (χ4n) is 2.49. The van der Waals surface area contributed by atoms with Crippen molar-refractivity contribution < 1.29 is 9.53 Å². The number of aliphatic imine (C=N–C) groups is 1. The molecule has 3 rings (SSSR count). The lowest BCUT2D eigenvalue weighted by atomic mass is 10.1. The second-order valence-corrected chi connectivity index (χ2v) is 6.70. The van der Waals surface area contributed by atoms with E-state index in [1.165, 1.54) is 0 Å². The van der Waals surface area contributed by atoms with Crippen molar-refractivity contribution in [3.63, 3.8) is 0 Å². The van der Waals surface area contributed by atoms with Crippen LogP contribution in [0, 0.1) is 11.3 Å². The number of nitriles is 1. The number of hydrogen-bond donors (Lipinski definition) is 0. The number of esters is 1. The van der Waals surface area contributed by atoms with E-state index in [0.717, 1.165) is 11.3 Å². The number of hydrogen-bond acceptors (Lipinski definition) is 5. The van der Waals surface area contributed by atoms with Crippen LogP contribution in [0.3, 0.4) is 0 Å². The third kappa shape index (κ3) is 4.48. The van der Waals surface area contributed by atoms with Crippen LogP contribution in [-0.2, 0) is 9.53 Å². The van der Waals surface area contributed by atoms with Crippen molar-refractivity contribution >= 4 is 46.8 Å². The Bertz CT molecular complexity index is 976. The molecule has 7 heteroatoms. The number of anilines is 1. The van der Waals surface area contributed by atoms with Gasteiger partial charge in [-0.05, 0) is 42.0 Å². The predicted octanol–water partition coefficient (Wildman–Crippen LogP) is 4.69. The summed E-state index contributed by atoms with van der Waals surface area (Å²) in [6, 6.07) is 14.6. The number of rotatable bonds is 5. The summed E-state index contributed by atoms with van der Waals surface area (Å²) in [5.41, 5.74) is 2.59. The molecule has 0 spiro atoms. The summed E-state index contributed by atoms with van der Waals surface area (Å²) in [6.45, 7) is 0.653. The number of carbonyl (C=O) groups is 1. The Kier molecular flexibility index (Phi) is 5.80. The van der Waals surface area contributed by atoms with Crippen LogP contribution in [0.15, 0.2) is 53.2 Å². The lowest BCUT2D eigenvalue weighted by Crippen LogP contribution is -2.17. The molecule has 0 N–H and O–H groups in total. The Morgan fingerprint density at radius 2 is 1.93 bits per heavy atom. The molecule has 0 saturated carbocycles. The van der Waals surface area contributed by atoms with E-state index in [0.29, 0.717) is 28.6 Å². The van der Waals surface area contributed by atoms with Gasteiger partial charge in [-0.15, -0.1) is 0 Å². The van der Waals surface area contributed by atoms with Crippen molar-refractivity contribution in [3.8, 4) is 6.07 Å². The van der Waals surface area contributed by atoms with Crippen LogP contribution in [0.2, 0.25) is 10.0 Å². The lowest BCUT2D eigenvalue weighted by molar-refractivity contribution is -0.129. The van der Waals surface area contributed by atoms with E-state index in [4.69, 9.17) is 33.2 Å². The first-order valence-corrected chi connectivity index (χ1v) is 8.89. The van der Waals surface area contributed by atoms with E-state index in [9.17, 15) is 4.79 Å². The number of nitrogens with zero attached hydrogens (tertiary/aromatic N) is 3. The number of halogens is 2. The minimum atomic E-state index is -0.522. The second kappa shape index (κ2) is 8.26. The third-order valence-electron chi connectivity index (χ3n) is 3.98. The van der Waals surface area contributed by atoms with Crippen molar-refractivity contribution in [2.45, 2.75) is 6.42 Å². The summed E-state index contributed by atoms with van der Waals surface area (Å²) in [5, 5.41) is 9.45. The van der Waals surface area contributed by atoms with Crippen LogP contribution in [0.1, 0.15) is 17.5 Å². The Labute approximate surface area is 167 Å². The molecule has 0 aliphatic carbocycles. The minimum absolute atomic E-state index is 0.192. The summed E-state index contributed by atoms with van der Waals surface area (Å²) < 4.78 is 5.24. The molecule has 2 aromatic rings. The molecule has 0 atom stereocenters. The maximum atomic E-state index is 12.1. The van der Waals surface area contributed by atoms with Gasteiger partial charge >= 0.3 is 5.97 Å². The molecular weight excluding hydrogens is 385 g/mol. The number of carbonyl (C=O) groups excluding carboxylic acids is 1. The SMILES string of the molecule is CN(CCC#N)c1ccc(C=C2N=C(c3ccc(Cl)c(Cl)c3)OC2=O)cc1. The van der Waals surface area contributed by atoms with Gasteiger partial charge in [-0.25, -0.2) is 9.79 Å². The van der Waals surface area contributed by atoms with E-state index in [1.807, 2.05) is 36.2 Å². The maximum Gasteiger partial charge on any atom is 0.363 e. The fraction of sp³-hybridized carbons (Fsp3) is 0.150. The van der Waals surface area contributed by atoms with Gasteiger partial charge in [0.15, 0.2) is 5.70 Å². The van der Waals surface area contributed by atoms with Crippen LogP contribution in [0.4, 0.5) is 5.69 Å². The van der Waals surface area contributed by atoms with Crippen LogP contribution in [0.25, 0.3) is 6.08 Å². The molecule has 2 aromatic carbocycles. The Morgan fingerprint density at radius 1 is 1.19 bits per heavy atom. The molecule has 1 heterocycles. The molecular formula is C20H15Cl2N3O2. The summed E-state index contributed by atoms with van der Waals surface area (Å²) in [7, 11) is 1.92. The molecule has 0 amide bonds. The summed E-state index contributed by atoms with van der Waals surface area (Å²) in [4.78, 5) is 18.4. The smallest absolute Gasteiger partial charge is 0.363 e. The second-order valence-electron chi connectivity index (χ2n) is 5.89. The zero-order valence-electron chi connectivity index (χ0n) is 14.4. The first-order valence-electron chi connectivity index (χ1n) is 8.14. The van der Waals surface area contributed by atoms with Crippen molar-refractivity contribution in [1.82, 2.24) is 0 Å². The summed E-state index contributed by atoms with van der Waals surface area (Å²) in [6.07, 6.45) is 2.12. The highest BCUT2D eigenvalue weighted by Gasteiger charge is 2.24. The molecule has 0 unspecified atom stereocenters. The number of cyclic esters (lactones) is 1. The molecule has 1 aliphatic heterocycles. The summed E-state index contributed by atoms with van der Waals surface area (Å²) >= 11 is 11.9. The van der Waals surface area contributed by atoms with Gasteiger partial charge in [0.25, 0.3) is 0 Å². The predicted molar refractivity (Wildman–Crippen MR) is 107 cm³/mol. The average molecular weight is 400 g/mol. The molecule has 136 valence electrons. The molecule has 0 bridgehead atoms. The van der Waals surface area contributed by atoms with Crippen LogP contribution in [-0.4, -0.2) is 25.5 Å². The third-order valence-corrected chi connectivity index (χ3v) is 4.72. The molecule has 1 aliphatic rings. The van der Waals surface area contributed by atoms with E-state index >= 15 is 0 Å². The molecule has 27 heavy (non-hydrogen) atoms. The van der Waals surface area contributed by atoms with Gasteiger partial charge in [0.2, 0.25) is 5.90 Å². The van der Waals surface area contributed by atoms with Crippen LogP contribution in [0.5, 0.6) is 0 Å². The van der Waals surface area contributed by atoms with E-state index in [1.54, 1.807) is 24.3 Å². The zero-order chi connectivity index (χ0) is 19.4. The molecule has 0 saturated heterocycles. The van der Waals surface area contributed by atoms with Gasteiger partial charge in [-0.1, -0.05) is 35.3 Å². The van der Waals surface area contributed by atoms with Crippen molar-refractivity contribution in [1.29, 1.82) is 5.26 Å². The molecule has 0 fully saturated rings. The average Bonchev–Trinajstić information content (AvgIpc) is 3.03. The van der Waals surface area contributed by atoms with Crippen LogP contribution < -0.4 is 4.90 Å². The Balaban J connectivity index is 1.80. The minimum Gasteiger partial charge on any atom is -0.402 e. The summed E-state index contributed by atoms with van der Waals surface area (Å²) in [5.74, 6) is -0.330. The number of benzene rings is 2. The first-order chi connectivity index (χ1) is 13.0. The standard InChI is InChI=1S/C20H15Cl2N3O2/c1-25(10-2-9-23)15-6-3-13(4-7-15)11-18-20(26)27-19(24-18)14-5-8-16(21)17(22)12-14/h3-8,11-12H,2,10H2,1H3. The van der Waals surface area contributed by atoms with E-state index in [2.05, 4.69) is 11.1 Å². The van der Waals surface area contributed by atoms with Gasteiger partial charge < -0.3 is 9.64 Å². The van der Waals surface area contributed by atoms with Gasteiger partial charge in [-0.3, -0.25) is 0 Å². The van der Waals surface area contributed by atoms with Crippen LogP contribution >= 0.6 is 23.2 Å². The van der Waals surface area contributed by atoms with Gasteiger partial charge in [-0.2, -0.15) is 5.26 Å². The first kappa shape index (κ1) is 19.0. The lowest BCUT2D eigenvalue weighted by Gasteiger charge is -2.17. The van der Waals surface area contributed by atoms with Crippen molar-refractivity contribution in [3.05, 3.63) is 69.3 Å². The highest BCUT2D eigenvalue weighted by atomic mass is 35.5. The Hall–Kier alpha value is -2.81. The topological polar surface area (TPSA) is 65.7 Å². The Morgan fingerprint density at radius 3 is 2.59 bits per heavy atom. The highest BCUT2D eigenvalue weighted by Crippen LogP contribution is 2.26. The van der Waals surface area contributed by atoms with Gasteiger partial charge in [0.05, 0.1) is 22.5 Å². The number of ether oxygens (including phenoxy) is 1. The van der Waals surface area contributed by atoms with Crippen molar-refractivity contribution in [2.24, 2.45) is 4.99 Å². The molecule has 0 radical (unpaired) electrons. The quantitative estimate of drug-likeness (QED) is 0.540. The molecule has 5 nitrogen and oxygen atoms in total. The zero-order valence-corrected chi connectivity index (χ0v) is 16.0. The maximum absolute atomic E-state index is 12.1. The van der Waals surface area contributed by atoms with E-state index in [-0.39, 0.29) is 11.6 Å². The monoisotopic (exact) mass is 399 g/mol. The largest absolute Gasteiger partial charge is 0.402 e. The normalized spacial score (nSPS) is 14.7. The fourth-order valence-corrected chi connectivity index (χ4v) is 2.79. The molecule has 0 aromatic heterocycles. The highest BCUT2D eigenvalue weighted by molar-refractivity contribution is 6.42. The van der Waals surface area contributed by atoms with E-state index < -0.39 is 5.97 Å². The van der Waals surface area contributed by atoms with Gasteiger partial charge in [0, 0.05) is 24.8 Å². The van der Waals surface area contributed by atoms with Gasteiger partial charge in [0.1, 0.15) is 0 Å². The van der Waals surface area contributed by atoms with Crippen molar-refractivity contribution in [2.75, 3.05) is 18.5 Å².